The molecule has 30 heavy (non-hydrogen) atoms. The van der Waals surface area contributed by atoms with Crippen LogP contribution in [0.3, 0.4) is 0 Å². The monoisotopic (exact) mass is 427 g/mol. The molecule has 2 aromatic carbocycles. The van der Waals surface area contributed by atoms with Crippen LogP contribution in [0.1, 0.15) is 26.3 Å². The molecule has 1 N–H and O–H groups in total. The van der Waals surface area contributed by atoms with Gasteiger partial charge in [0.05, 0.1) is 22.5 Å². The van der Waals surface area contributed by atoms with Gasteiger partial charge in [0.15, 0.2) is 0 Å². The molecule has 0 radical (unpaired) electrons. The van der Waals surface area contributed by atoms with Crippen LogP contribution in [-0.4, -0.2) is 40.1 Å². The van der Waals surface area contributed by atoms with Gasteiger partial charge < -0.3 is 4.74 Å². The van der Waals surface area contributed by atoms with Crippen molar-refractivity contribution >= 4 is 46.5 Å². The average Bonchev–Trinajstić information content (AvgIpc) is 3.01. The lowest BCUT2D eigenvalue weighted by atomic mass is 10.1. The zero-order chi connectivity index (χ0) is 21.8. The quantitative estimate of drug-likeness (QED) is 0.333. The number of amides is 3. The lowest BCUT2D eigenvalue weighted by Crippen LogP contribution is -2.44. The fourth-order valence-corrected chi connectivity index (χ4v) is 3.23. The zero-order valence-electron chi connectivity index (χ0n) is 15.4. The summed E-state index contributed by atoms with van der Waals surface area (Å²) in [6.07, 6.45) is 1.45. The molecule has 1 saturated heterocycles. The molecule has 3 rings (SSSR count). The van der Waals surface area contributed by atoms with Gasteiger partial charge in [0.1, 0.15) is 0 Å². The van der Waals surface area contributed by atoms with Crippen LogP contribution in [0.4, 0.5) is 10.5 Å². The van der Waals surface area contributed by atoms with Gasteiger partial charge in [-0.3, -0.25) is 29.9 Å². The number of nitro benzene ring substituents is 1. The van der Waals surface area contributed by atoms with E-state index in [9.17, 15) is 29.3 Å². The summed E-state index contributed by atoms with van der Waals surface area (Å²) in [4.78, 5) is 58.5. The Kier molecular flexibility index (Phi) is 5.93. The van der Waals surface area contributed by atoms with Gasteiger partial charge in [0.2, 0.25) is 0 Å². The Labute approximate surface area is 173 Å². The minimum atomic E-state index is -0.768. The Hall–Kier alpha value is -3.99. The van der Waals surface area contributed by atoms with Crippen molar-refractivity contribution in [3.8, 4) is 0 Å². The number of esters is 1. The third-order valence-electron chi connectivity index (χ3n) is 3.98. The van der Waals surface area contributed by atoms with E-state index in [0.29, 0.717) is 27.9 Å². The minimum absolute atomic E-state index is 0.0435. The fourth-order valence-electron chi connectivity index (χ4n) is 2.45. The standard InChI is InChI=1S/C19H13N3O7S/c1-29-18(25)13-4-2-11(3-5-13)10-15-17(24)21(19(26)30-15)20-16(23)12-6-8-14(9-7-12)22(27)28/h2-10H,1H3,(H,20,23)/b15-10-. The number of benzene rings is 2. The first kappa shape index (κ1) is 20.7. The molecule has 0 bridgehead atoms. The number of nitrogens with one attached hydrogen (secondary N) is 1. The van der Waals surface area contributed by atoms with Crippen LogP contribution < -0.4 is 5.43 Å². The molecule has 11 heteroatoms. The maximum Gasteiger partial charge on any atom is 0.337 e. The predicted molar refractivity (Wildman–Crippen MR) is 106 cm³/mol. The fraction of sp³-hybridized carbons (Fsp3) is 0.0526. The molecule has 1 fully saturated rings. The number of hydrogen-bond donors (Lipinski definition) is 1. The van der Waals surface area contributed by atoms with Gasteiger partial charge in [-0.25, -0.2) is 4.79 Å². The van der Waals surface area contributed by atoms with Crippen LogP contribution >= 0.6 is 11.8 Å². The maximum absolute atomic E-state index is 12.5. The molecular formula is C19H13N3O7S. The maximum atomic E-state index is 12.5. The molecule has 1 heterocycles. The molecule has 0 atom stereocenters. The van der Waals surface area contributed by atoms with E-state index in [1.807, 2.05) is 0 Å². The highest BCUT2D eigenvalue weighted by molar-refractivity contribution is 8.18. The molecule has 1 aliphatic heterocycles. The molecule has 0 unspecified atom stereocenters. The van der Waals surface area contributed by atoms with Gasteiger partial charge in [0.25, 0.3) is 17.5 Å². The minimum Gasteiger partial charge on any atom is -0.465 e. The van der Waals surface area contributed by atoms with E-state index in [-0.39, 0.29) is 16.2 Å². The largest absolute Gasteiger partial charge is 0.465 e. The van der Waals surface area contributed by atoms with Crippen molar-refractivity contribution in [2.24, 2.45) is 0 Å². The molecule has 1 aliphatic rings. The Balaban J connectivity index is 1.72. The highest BCUT2D eigenvalue weighted by atomic mass is 32.2. The van der Waals surface area contributed by atoms with Gasteiger partial charge in [-0.05, 0) is 47.7 Å². The Morgan fingerprint density at radius 3 is 2.23 bits per heavy atom. The number of nitro groups is 1. The first-order valence-electron chi connectivity index (χ1n) is 8.32. The SMILES string of the molecule is COC(=O)c1ccc(/C=C2\SC(=O)N(NC(=O)c3ccc([N+](=O)[O-])cc3)C2=O)cc1. The third-order valence-corrected chi connectivity index (χ3v) is 4.85. The highest BCUT2D eigenvalue weighted by Gasteiger charge is 2.36. The summed E-state index contributed by atoms with van der Waals surface area (Å²) in [7, 11) is 1.26. The first-order valence-corrected chi connectivity index (χ1v) is 9.13. The third kappa shape index (κ3) is 4.36. The Morgan fingerprint density at radius 1 is 1.07 bits per heavy atom. The van der Waals surface area contributed by atoms with Crippen LogP contribution in [0.25, 0.3) is 6.08 Å². The van der Waals surface area contributed by atoms with Crippen LogP contribution in [0.2, 0.25) is 0 Å². The second kappa shape index (κ2) is 8.57. The van der Waals surface area contributed by atoms with Crippen molar-refractivity contribution in [1.82, 2.24) is 10.4 Å². The number of non-ortho nitro benzene ring substituents is 1. The van der Waals surface area contributed by atoms with E-state index >= 15 is 0 Å². The molecule has 10 nitrogen and oxygen atoms in total. The smallest absolute Gasteiger partial charge is 0.337 e. The van der Waals surface area contributed by atoms with E-state index in [0.717, 1.165) is 12.1 Å². The number of imide groups is 1. The summed E-state index contributed by atoms with van der Waals surface area (Å²) in [5, 5.41) is 10.5. The summed E-state index contributed by atoms with van der Waals surface area (Å²) in [6.45, 7) is 0. The Morgan fingerprint density at radius 2 is 1.67 bits per heavy atom. The molecule has 0 spiro atoms. The number of nitrogens with zero attached hydrogens (tertiary/aromatic N) is 2. The lowest BCUT2D eigenvalue weighted by Gasteiger charge is -2.13. The molecule has 3 amide bonds. The normalized spacial score (nSPS) is 14.7. The number of hydrazine groups is 1. The molecular weight excluding hydrogens is 414 g/mol. The van der Waals surface area contributed by atoms with Gasteiger partial charge in [-0.15, -0.1) is 0 Å². The second-order valence-electron chi connectivity index (χ2n) is 5.88. The summed E-state index contributed by atoms with van der Waals surface area (Å²) in [6, 6.07) is 10.9. The molecule has 152 valence electrons. The van der Waals surface area contributed by atoms with Gasteiger partial charge >= 0.3 is 11.2 Å². The average molecular weight is 427 g/mol. The van der Waals surface area contributed by atoms with Crippen molar-refractivity contribution in [3.05, 3.63) is 80.2 Å². The van der Waals surface area contributed by atoms with Crippen LogP contribution in [0.15, 0.2) is 53.4 Å². The van der Waals surface area contributed by atoms with Crippen molar-refractivity contribution < 1.29 is 28.8 Å². The summed E-state index contributed by atoms with van der Waals surface area (Å²) < 4.78 is 4.61. The Bertz CT molecular complexity index is 1080. The molecule has 0 saturated carbocycles. The molecule has 2 aromatic rings. The van der Waals surface area contributed by atoms with Crippen molar-refractivity contribution in [1.29, 1.82) is 0 Å². The van der Waals surface area contributed by atoms with E-state index in [4.69, 9.17) is 0 Å². The summed E-state index contributed by atoms with van der Waals surface area (Å²) in [5.41, 5.74) is 2.94. The number of ether oxygens (including phenoxy) is 1. The van der Waals surface area contributed by atoms with E-state index < -0.39 is 27.9 Å². The van der Waals surface area contributed by atoms with E-state index in [2.05, 4.69) is 10.2 Å². The van der Waals surface area contributed by atoms with E-state index in [1.165, 1.54) is 37.5 Å². The van der Waals surface area contributed by atoms with Crippen LogP contribution in [0.5, 0.6) is 0 Å². The van der Waals surface area contributed by atoms with Crippen molar-refractivity contribution in [3.63, 3.8) is 0 Å². The van der Waals surface area contributed by atoms with Crippen LogP contribution in [-0.2, 0) is 9.53 Å². The zero-order valence-corrected chi connectivity index (χ0v) is 16.2. The number of methoxy groups -OCH3 is 1. The highest BCUT2D eigenvalue weighted by Crippen LogP contribution is 2.31. The van der Waals surface area contributed by atoms with Crippen molar-refractivity contribution in [2.45, 2.75) is 0 Å². The number of rotatable bonds is 5. The first-order chi connectivity index (χ1) is 14.3. The molecule has 0 aliphatic carbocycles. The topological polar surface area (TPSA) is 136 Å². The summed E-state index contributed by atoms with van der Waals surface area (Å²) >= 11 is 0.638. The van der Waals surface area contributed by atoms with Gasteiger partial charge in [0, 0.05) is 17.7 Å². The number of hydrogen-bond acceptors (Lipinski definition) is 8. The van der Waals surface area contributed by atoms with Gasteiger partial charge in [-0.1, -0.05) is 12.1 Å². The number of carbonyl (C=O) groups excluding carboxylic acids is 4. The molecule has 0 aromatic heterocycles. The number of thioether (sulfide) groups is 1. The second-order valence-corrected chi connectivity index (χ2v) is 6.87. The van der Waals surface area contributed by atoms with Crippen LogP contribution in [0, 0.1) is 10.1 Å². The van der Waals surface area contributed by atoms with E-state index in [1.54, 1.807) is 12.1 Å². The predicted octanol–water partition coefficient (Wildman–Crippen LogP) is 2.76. The number of carbonyl (C=O) groups is 4. The van der Waals surface area contributed by atoms with Crippen molar-refractivity contribution in [2.75, 3.05) is 7.11 Å². The lowest BCUT2D eigenvalue weighted by molar-refractivity contribution is -0.384. The van der Waals surface area contributed by atoms with Gasteiger partial charge in [-0.2, -0.15) is 5.01 Å². The summed E-state index contributed by atoms with van der Waals surface area (Å²) in [5.74, 6) is -2.00.